The molecule has 1 saturated carbocycles. The van der Waals surface area contributed by atoms with Gasteiger partial charge in [0.15, 0.2) is 0 Å². The molecule has 25 heavy (non-hydrogen) atoms. The van der Waals surface area contributed by atoms with Crippen molar-refractivity contribution in [3.63, 3.8) is 0 Å². The molecule has 1 amide bonds. The highest BCUT2D eigenvalue weighted by Crippen LogP contribution is 2.35. The minimum atomic E-state index is -0.611. The van der Waals surface area contributed by atoms with Gasteiger partial charge in [0.1, 0.15) is 12.2 Å². The highest BCUT2D eigenvalue weighted by molar-refractivity contribution is 5.77. The van der Waals surface area contributed by atoms with Crippen molar-refractivity contribution >= 4 is 5.91 Å². The van der Waals surface area contributed by atoms with E-state index in [1.165, 1.54) is 0 Å². The lowest BCUT2D eigenvalue weighted by atomic mass is 10.0. The van der Waals surface area contributed by atoms with E-state index in [1.54, 1.807) is 0 Å². The quantitative estimate of drug-likeness (QED) is 0.604. The van der Waals surface area contributed by atoms with Gasteiger partial charge >= 0.3 is 0 Å². The molecule has 5 unspecified atom stereocenters. The summed E-state index contributed by atoms with van der Waals surface area (Å²) >= 11 is 0. The summed E-state index contributed by atoms with van der Waals surface area (Å²) in [6.07, 6.45) is 4.21. The summed E-state index contributed by atoms with van der Waals surface area (Å²) in [7, 11) is 2.15. The van der Waals surface area contributed by atoms with Gasteiger partial charge in [-0.15, -0.1) is 0 Å². The van der Waals surface area contributed by atoms with E-state index in [0.717, 1.165) is 38.8 Å². The number of hydrogen-bond acceptors (Lipinski definition) is 6. The number of carbonyl (C=O) groups is 1. The molecule has 7 nitrogen and oxygen atoms in total. The van der Waals surface area contributed by atoms with E-state index in [9.17, 15) is 9.90 Å². The lowest BCUT2D eigenvalue weighted by molar-refractivity contribution is -0.124. The predicted octanol–water partition coefficient (Wildman–Crippen LogP) is -0.375. The molecule has 0 spiro atoms. The SMILES string of the molecule is CN1CCC(NCC2OC3CC(CC(=O)NC4CC4)OC3C2O)CC1. The van der Waals surface area contributed by atoms with Crippen molar-refractivity contribution in [1.82, 2.24) is 15.5 Å². The van der Waals surface area contributed by atoms with Crippen LogP contribution in [0.25, 0.3) is 0 Å². The maximum atomic E-state index is 11.9. The highest BCUT2D eigenvalue weighted by Gasteiger charge is 2.50. The third-order valence-electron chi connectivity index (χ3n) is 5.96. The minimum absolute atomic E-state index is 0.0578. The van der Waals surface area contributed by atoms with Gasteiger partial charge in [-0.25, -0.2) is 0 Å². The van der Waals surface area contributed by atoms with Gasteiger partial charge < -0.3 is 30.1 Å². The van der Waals surface area contributed by atoms with E-state index in [0.29, 0.717) is 31.5 Å². The second-order valence-corrected chi connectivity index (χ2v) is 8.19. The van der Waals surface area contributed by atoms with E-state index >= 15 is 0 Å². The molecule has 142 valence electrons. The van der Waals surface area contributed by atoms with Crippen LogP contribution in [0.5, 0.6) is 0 Å². The molecule has 7 heteroatoms. The molecule has 3 saturated heterocycles. The van der Waals surface area contributed by atoms with Crippen molar-refractivity contribution in [2.75, 3.05) is 26.7 Å². The molecule has 3 aliphatic heterocycles. The highest BCUT2D eigenvalue weighted by atomic mass is 16.6. The molecular formula is C18H31N3O4. The number of nitrogens with one attached hydrogen (secondary N) is 2. The zero-order valence-corrected chi connectivity index (χ0v) is 15.0. The number of piperidine rings is 1. The summed E-state index contributed by atoms with van der Waals surface area (Å²) in [4.78, 5) is 14.3. The molecule has 0 aromatic carbocycles. The first-order valence-electron chi connectivity index (χ1n) is 9.79. The summed E-state index contributed by atoms with van der Waals surface area (Å²) in [5.41, 5.74) is 0. The summed E-state index contributed by atoms with van der Waals surface area (Å²) in [5.74, 6) is 0.0578. The molecule has 1 aliphatic carbocycles. The Hall–Kier alpha value is -0.730. The smallest absolute Gasteiger partial charge is 0.222 e. The molecule has 5 atom stereocenters. The molecule has 4 aliphatic rings. The third-order valence-corrected chi connectivity index (χ3v) is 5.96. The van der Waals surface area contributed by atoms with Gasteiger partial charge in [-0.05, 0) is 45.8 Å². The van der Waals surface area contributed by atoms with Crippen molar-refractivity contribution in [2.24, 2.45) is 0 Å². The van der Waals surface area contributed by atoms with Gasteiger partial charge in [0, 0.05) is 25.0 Å². The van der Waals surface area contributed by atoms with Crippen LogP contribution >= 0.6 is 0 Å². The van der Waals surface area contributed by atoms with E-state index < -0.39 is 6.10 Å². The van der Waals surface area contributed by atoms with Gasteiger partial charge in [-0.3, -0.25) is 4.79 Å². The fourth-order valence-corrected chi connectivity index (χ4v) is 4.23. The van der Waals surface area contributed by atoms with Crippen LogP contribution in [-0.2, 0) is 14.3 Å². The molecule has 0 radical (unpaired) electrons. The van der Waals surface area contributed by atoms with Crippen LogP contribution in [0.3, 0.4) is 0 Å². The number of nitrogens with zero attached hydrogens (tertiary/aromatic N) is 1. The van der Waals surface area contributed by atoms with Crippen molar-refractivity contribution in [1.29, 1.82) is 0 Å². The Morgan fingerprint density at radius 1 is 1.16 bits per heavy atom. The Kier molecular flexibility index (Phi) is 5.29. The predicted molar refractivity (Wildman–Crippen MR) is 92.2 cm³/mol. The molecular weight excluding hydrogens is 322 g/mol. The summed E-state index contributed by atoms with van der Waals surface area (Å²) < 4.78 is 12.0. The zero-order valence-electron chi connectivity index (χ0n) is 15.0. The van der Waals surface area contributed by atoms with Crippen LogP contribution < -0.4 is 10.6 Å². The van der Waals surface area contributed by atoms with Crippen LogP contribution in [0.1, 0.15) is 38.5 Å². The summed E-state index contributed by atoms with van der Waals surface area (Å²) in [6, 6.07) is 0.887. The van der Waals surface area contributed by atoms with Crippen molar-refractivity contribution in [2.45, 2.75) is 81.1 Å². The Bertz CT molecular complexity index is 479. The van der Waals surface area contributed by atoms with Crippen LogP contribution in [0.4, 0.5) is 0 Å². The average molecular weight is 353 g/mol. The first-order valence-corrected chi connectivity index (χ1v) is 9.79. The topological polar surface area (TPSA) is 83.1 Å². The van der Waals surface area contributed by atoms with Crippen molar-refractivity contribution in [3.8, 4) is 0 Å². The first kappa shape index (κ1) is 17.7. The Balaban J connectivity index is 1.19. The zero-order chi connectivity index (χ0) is 17.4. The molecule has 0 aromatic rings. The molecule has 0 aromatic heterocycles. The van der Waals surface area contributed by atoms with Gasteiger partial charge in [0.05, 0.1) is 24.7 Å². The molecule has 0 bridgehead atoms. The lowest BCUT2D eigenvalue weighted by Gasteiger charge is -2.30. The van der Waals surface area contributed by atoms with E-state index in [2.05, 4.69) is 22.6 Å². The fourth-order valence-electron chi connectivity index (χ4n) is 4.23. The van der Waals surface area contributed by atoms with Crippen LogP contribution in [-0.4, -0.2) is 85.2 Å². The van der Waals surface area contributed by atoms with E-state index in [1.807, 2.05) is 0 Å². The molecule has 4 fully saturated rings. The largest absolute Gasteiger partial charge is 0.388 e. The summed E-state index contributed by atoms with van der Waals surface area (Å²) in [6.45, 7) is 2.90. The number of carbonyl (C=O) groups excluding carboxylic acids is 1. The third kappa shape index (κ3) is 4.34. The molecule has 4 rings (SSSR count). The van der Waals surface area contributed by atoms with Gasteiger partial charge in [-0.2, -0.15) is 0 Å². The minimum Gasteiger partial charge on any atom is -0.388 e. The Labute approximate surface area is 149 Å². The van der Waals surface area contributed by atoms with Crippen LogP contribution in [0.2, 0.25) is 0 Å². The van der Waals surface area contributed by atoms with E-state index in [4.69, 9.17) is 9.47 Å². The Morgan fingerprint density at radius 3 is 2.60 bits per heavy atom. The van der Waals surface area contributed by atoms with Gasteiger partial charge in [0.2, 0.25) is 5.91 Å². The number of likely N-dealkylation sites (tertiary alicyclic amines) is 1. The summed E-state index contributed by atoms with van der Waals surface area (Å²) in [5, 5.41) is 17.1. The normalized spacial score (nSPS) is 39.5. The van der Waals surface area contributed by atoms with Crippen molar-refractivity contribution < 1.29 is 19.4 Å². The van der Waals surface area contributed by atoms with Gasteiger partial charge in [0.25, 0.3) is 0 Å². The first-order chi connectivity index (χ1) is 12.1. The van der Waals surface area contributed by atoms with Crippen LogP contribution in [0, 0.1) is 0 Å². The maximum Gasteiger partial charge on any atom is 0.222 e. The number of amides is 1. The maximum absolute atomic E-state index is 11.9. The molecule has 3 N–H and O–H groups in total. The van der Waals surface area contributed by atoms with Crippen molar-refractivity contribution in [3.05, 3.63) is 0 Å². The number of aliphatic hydroxyl groups excluding tert-OH is 1. The average Bonchev–Trinajstić information content (AvgIpc) is 3.23. The monoisotopic (exact) mass is 353 g/mol. The number of fused-ring (bicyclic) bond motifs is 1. The number of ether oxygens (including phenoxy) is 2. The number of rotatable bonds is 6. The second kappa shape index (κ2) is 7.48. The standard InChI is InChI=1S/C18H31N3O4/c1-21-6-4-11(5-7-21)19-10-15-17(23)18-14(25-15)8-13(24-18)9-16(22)20-12-2-3-12/h11-15,17-19,23H,2-10H2,1H3,(H,20,22). The number of hydrogen-bond donors (Lipinski definition) is 3. The lowest BCUT2D eigenvalue weighted by Crippen LogP contribution is -2.46. The molecule has 3 heterocycles. The fraction of sp³-hybridized carbons (Fsp3) is 0.944. The number of aliphatic hydroxyl groups is 1. The van der Waals surface area contributed by atoms with E-state index in [-0.39, 0.29) is 30.3 Å². The van der Waals surface area contributed by atoms with Gasteiger partial charge in [-0.1, -0.05) is 0 Å². The Morgan fingerprint density at radius 2 is 1.92 bits per heavy atom. The van der Waals surface area contributed by atoms with Crippen LogP contribution in [0.15, 0.2) is 0 Å². The second-order valence-electron chi connectivity index (χ2n) is 8.19.